The maximum Gasteiger partial charge on any atom is 0.183 e. The summed E-state index contributed by atoms with van der Waals surface area (Å²) < 4.78 is 0. The summed E-state index contributed by atoms with van der Waals surface area (Å²) in [6.07, 6.45) is 7.83. The monoisotopic (exact) mass is 375 g/mol. The number of carbonyl (C=O) groups excluding carboxylic acids is 3. The summed E-state index contributed by atoms with van der Waals surface area (Å²) >= 11 is 0. The minimum absolute atomic E-state index is 0.0330. The average molecular weight is 375 g/mol. The molecule has 0 aromatic heterocycles. The minimum atomic E-state index is -0.895. The fourth-order valence-electron chi connectivity index (χ4n) is 3.55. The van der Waals surface area contributed by atoms with Gasteiger partial charge in [0.2, 0.25) is 0 Å². The van der Waals surface area contributed by atoms with E-state index in [1.54, 1.807) is 19.1 Å². The van der Waals surface area contributed by atoms with Crippen molar-refractivity contribution in [3.63, 3.8) is 0 Å². The van der Waals surface area contributed by atoms with Gasteiger partial charge in [-0.15, -0.1) is 0 Å². The summed E-state index contributed by atoms with van der Waals surface area (Å²) in [7, 11) is -0.895. The third kappa shape index (κ3) is 2.96. The number of fused-ring (bicyclic) bond motifs is 2. The van der Waals surface area contributed by atoms with Crippen molar-refractivity contribution in [3.05, 3.63) is 83.5 Å². The van der Waals surface area contributed by atoms with Gasteiger partial charge in [0.1, 0.15) is 20.6 Å². The van der Waals surface area contributed by atoms with Gasteiger partial charge in [0.15, 0.2) is 17.3 Å². The van der Waals surface area contributed by atoms with E-state index in [1.807, 2.05) is 54.6 Å². The second-order valence-electron chi connectivity index (χ2n) is 6.74. The van der Waals surface area contributed by atoms with E-state index < -0.39 is 10.5 Å². The first-order chi connectivity index (χ1) is 13.0. The lowest BCUT2D eigenvalue weighted by Gasteiger charge is -2.24. The van der Waals surface area contributed by atoms with E-state index in [1.165, 1.54) is 6.92 Å². The Morgan fingerprint density at radius 3 is 2.22 bits per heavy atom. The van der Waals surface area contributed by atoms with Gasteiger partial charge in [-0.1, -0.05) is 28.7 Å². The number of thiol groups is 1. The first-order valence-electron chi connectivity index (χ1n) is 8.79. The van der Waals surface area contributed by atoms with Crippen LogP contribution in [0.4, 0.5) is 0 Å². The van der Waals surface area contributed by atoms with Gasteiger partial charge in [0.25, 0.3) is 0 Å². The van der Waals surface area contributed by atoms with Crippen molar-refractivity contribution < 1.29 is 14.4 Å². The summed E-state index contributed by atoms with van der Waals surface area (Å²) in [6.45, 7) is 3.07. The van der Waals surface area contributed by atoms with Gasteiger partial charge >= 0.3 is 0 Å². The SMILES string of the molecule is CC(=O)c1ccc([SH+]2=C3C=CC=CC3C(=O)c3cc(C(C)=O)ccc32)cc1. The molecule has 1 aliphatic carbocycles. The largest absolute Gasteiger partial charge is 0.295 e. The van der Waals surface area contributed by atoms with Crippen LogP contribution >= 0.6 is 0 Å². The molecule has 2 unspecified atom stereocenters. The van der Waals surface area contributed by atoms with Gasteiger partial charge < -0.3 is 0 Å². The molecule has 0 saturated carbocycles. The van der Waals surface area contributed by atoms with Crippen LogP contribution in [-0.2, 0) is 10.5 Å². The average Bonchev–Trinajstić information content (AvgIpc) is 2.68. The summed E-state index contributed by atoms with van der Waals surface area (Å²) in [5.74, 6) is -0.258. The molecule has 0 saturated heterocycles. The van der Waals surface area contributed by atoms with Crippen LogP contribution in [0.5, 0.6) is 0 Å². The summed E-state index contributed by atoms with van der Waals surface area (Å²) in [6, 6.07) is 13.1. The number of rotatable bonds is 3. The highest BCUT2D eigenvalue weighted by Crippen LogP contribution is 2.34. The van der Waals surface area contributed by atoms with Crippen LogP contribution in [0.25, 0.3) is 0 Å². The molecule has 1 aliphatic heterocycles. The molecular weight excluding hydrogens is 356 g/mol. The summed E-state index contributed by atoms with van der Waals surface area (Å²) in [5.41, 5.74) is 1.87. The highest BCUT2D eigenvalue weighted by Gasteiger charge is 2.38. The molecule has 4 rings (SSSR count). The first kappa shape index (κ1) is 17.6. The second-order valence-corrected chi connectivity index (χ2v) is 8.92. The van der Waals surface area contributed by atoms with Crippen LogP contribution in [-0.4, -0.2) is 22.2 Å². The zero-order valence-corrected chi connectivity index (χ0v) is 16.0. The van der Waals surface area contributed by atoms with E-state index in [4.69, 9.17) is 0 Å². The van der Waals surface area contributed by atoms with Gasteiger partial charge in [0.05, 0.1) is 5.56 Å². The van der Waals surface area contributed by atoms with Crippen molar-refractivity contribution in [2.75, 3.05) is 0 Å². The fraction of sp³-hybridized carbons (Fsp3) is 0.130. The maximum atomic E-state index is 13.1. The summed E-state index contributed by atoms with van der Waals surface area (Å²) in [5, 5.41) is 0. The molecule has 0 bridgehead atoms. The highest BCUT2D eigenvalue weighted by molar-refractivity contribution is 7.97. The molecule has 4 heteroatoms. The van der Waals surface area contributed by atoms with Crippen LogP contribution < -0.4 is 0 Å². The predicted molar refractivity (Wildman–Crippen MR) is 109 cm³/mol. The number of hydrogen-bond acceptors (Lipinski definition) is 3. The molecule has 2 aromatic rings. The van der Waals surface area contributed by atoms with E-state index in [0.717, 1.165) is 14.7 Å². The number of hydrogen-bond donors (Lipinski definition) is 0. The molecule has 3 nitrogen and oxygen atoms in total. The van der Waals surface area contributed by atoms with Gasteiger partial charge in [-0.25, -0.2) is 0 Å². The number of carbonyl (C=O) groups is 3. The number of Topliss-reactive ketones (excluding diaryl/α,β-unsaturated/α-hetero) is 3. The molecule has 2 aromatic carbocycles. The Kier molecular flexibility index (Phi) is 4.36. The topological polar surface area (TPSA) is 51.2 Å². The van der Waals surface area contributed by atoms with Crippen LogP contribution in [0.2, 0.25) is 0 Å². The molecule has 0 N–H and O–H groups in total. The van der Waals surface area contributed by atoms with Crippen molar-refractivity contribution in [1.29, 1.82) is 0 Å². The molecule has 0 amide bonds. The Bertz CT molecular complexity index is 1090. The van der Waals surface area contributed by atoms with E-state index >= 15 is 0 Å². The van der Waals surface area contributed by atoms with Gasteiger partial charge in [-0.2, -0.15) is 0 Å². The Hall–Kier alpha value is -2.85. The molecule has 0 fully saturated rings. The first-order valence-corrected chi connectivity index (χ1v) is 10.1. The lowest BCUT2D eigenvalue weighted by Crippen LogP contribution is -2.32. The molecular formula is C23H19O3S+. The maximum absolute atomic E-state index is 13.1. The van der Waals surface area contributed by atoms with E-state index in [0.29, 0.717) is 16.7 Å². The molecule has 0 radical (unpaired) electrons. The Labute approximate surface area is 160 Å². The lowest BCUT2D eigenvalue weighted by molar-refractivity contribution is 0.0968. The molecule has 2 aliphatic rings. The van der Waals surface area contributed by atoms with Crippen molar-refractivity contribution in [2.24, 2.45) is 5.92 Å². The van der Waals surface area contributed by atoms with Gasteiger partial charge in [-0.3, -0.25) is 14.4 Å². The Balaban J connectivity index is 1.96. The van der Waals surface area contributed by atoms with Crippen LogP contribution in [0.1, 0.15) is 44.9 Å². The van der Waals surface area contributed by atoms with Crippen LogP contribution in [0, 0.1) is 5.92 Å². The van der Waals surface area contributed by atoms with E-state index in [9.17, 15) is 14.4 Å². The number of ketones is 3. The van der Waals surface area contributed by atoms with Crippen molar-refractivity contribution in [3.8, 4) is 0 Å². The van der Waals surface area contributed by atoms with Crippen molar-refractivity contribution in [1.82, 2.24) is 0 Å². The third-order valence-electron chi connectivity index (χ3n) is 4.98. The standard InChI is InChI=1S/C23H18O3S/c1-14(24)16-7-10-18(11-8-16)27-21-6-4-3-5-19(21)23(26)20-13-17(15(2)25)9-12-22(20)27/h3-13,19H,1-2H3/p+1. The third-order valence-corrected chi connectivity index (χ3v) is 7.61. The Morgan fingerprint density at radius 2 is 1.56 bits per heavy atom. The van der Waals surface area contributed by atoms with Crippen molar-refractivity contribution >= 4 is 32.7 Å². The minimum Gasteiger partial charge on any atom is -0.295 e. The van der Waals surface area contributed by atoms with Gasteiger partial charge in [0, 0.05) is 11.1 Å². The normalized spacial score (nSPS) is 20.2. The predicted octanol–water partition coefficient (Wildman–Crippen LogP) is 3.97. The van der Waals surface area contributed by atoms with Gasteiger partial charge in [-0.05, 0) is 62.4 Å². The smallest absolute Gasteiger partial charge is 0.183 e. The number of benzene rings is 2. The molecule has 134 valence electrons. The highest BCUT2D eigenvalue weighted by atomic mass is 32.2. The summed E-state index contributed by atoms with van der Waals surface area (Å²) in [4.78, 5) is 39.7. The van der Waals surface area contributed by atoms with Crippen LogP contribution in [0.15, 0.2) is 76.6 Å². The molecule has 2 atom stereocenters. The molecule has 0 spiro atoms. The van der Waals surface area contributed by atoms with Crippen molar-refractivity contribution in [2.45, 2.75) is 23.6 Å². The quantitative estimate of drug-likeness (QED) is 0.353. The van der Waals surface area contributed by atoms with E-state index in [-0.39, 0.29) is 23.3 Å². The van der Waals surface area contributed by atoms with Crippen LogP contribution in [0.3, 0.4) is 0 Å². The fourth-order valence-corrected chi connectivity index (χ4v) is 6.21. The second kappa shape index (κ2) is 6.71. The zero-order valence-electron chi connectivity index (χ0n) is 15.1. The van der Waals surface area contributed by atoms with E-state index in [2.05, 4.69) is 0 Å². The molecule has 1 heterocycles. The molecule has 27 heavy (non-hydrogen) atoms. The zero-order chi connectivity index (χ0) is 19.1. The Morgan fingerprint density at radius 1 is 0.889 bits per heavy atom. The number of allylic oxidation sites excluding steroid dienone is 4. The lowest BCUT2D eigenvalue weighted by atomic mass is 9.90.